The van der Waals surface area contributed by atoms with Gasteiger partial charge in [-0.25, -0.2) is 0 Å². The molecule has 6 heteroatoms. The minimum absolute atomic E-state index is 0.0335. The highest BCUT2D eigenvalue weighted by Crippen LogP contribution is 2.15. The average Bonchev–Trinajstić information content (AvgIpc) is 3.25. The van der Waals surface area contributed by atoms with Gasteiger partial charge in [0.1, 0.15) is 0 Å². The SMILES string of the molecule is O=C(CCC(=O)c1cccs1)NCCCN1CCN(c2ccccc2)CC1. The predicted molar refractivity (Wildman–Crippen MR) is 111 cm³/mol. The number of nitrogens with one attached hydrogen (secondary N) is 1. The van der Waals surface area contributed by atoms with Crippen molar-refractivity contribution in [3.8, 4) is 0 Å². The third-order valence-electron chi connectivity index (χ3n) is 4.84. The van der Waals surface area contributed by atoms with E-state index in [1.54, 1.807) is 0 Å². The van der Waals surface area contributed by atoms with E-state index in [1.807, 2.05) is 23.6 Å². The van der Waals surface area contributed by atoms with E-state index in [0.717, 1.165) is 44.0 Å². The monoisotopic (exact) mass is 385 g/mol. The Balaban J connectivity index is 1.25. The third kappa shape index (κ3) is 6.19. The Morgan fingerprint density at radius 3 is 2.44 bits per heavy atom. The van der Waals surface area contributed by atoms with Crippen molar-refractivity contribution in [2.45, 2.75) is 19.3 Å². The normalized spacial score (nSPS) is 14.9. The molecule has 1 aliphatic heterocycles. The van der Waals surface area contributed by atoms with E-state index in [0.29, 0.717) is 6.54 Å². The molecule has 1 aromatic carbocycles. The molecule has 1 aromatic heterocycles. The fourth-order valence-electron chi connectivity index (χ4n) is 3.27. The molecule has 2 aromatic rings. The van der Waals surface area contributed by atoms with Gasteiger partial charge in [-0.05, 0) is 36.5 Å². The summed E-state index contributed by atoms with van der Waals surface area (Å²) in [5.41, 5.74) is 1.29. The summed E-state index contributed by atoms with van der Waals surface area (Å²) in [6.45, 7) is 5.86. The van der Waals surface area contributed by atoms with Gasteiger partial charge >= 0.3 is 0 Å². The number of rotatable bonds is 9. The summed E-state index contributed by atoms with van der Waals surface area (Å²) in [6.07, 6.45) is 1.50. The molecule has 0 unspecified atom stereocenters. The van der Waals surface area contributed by atoms with Gasteiger partial charge < -0.3 is 10.2 Å². The van der Waals surface area contributed by atoms with Gasteiger partial charge in [-0.3, -0.25) is 14.5 Å². The first-order valence-electron chi connectivity index (χ1n) is 9.58. The van der Waals surface area contributed by atoms with Crippen molar-refractivity contribution < 1.29 is 9.59 Å². The van der Waals surface area contributed by atoms with Crippen LogP contribution in [0.25, 0.3) is 0 Å². The second kappa shape index (κ2) is 10.2. The fourth-order valence-corrected chi connectivity index (χ4v) is 3.97. The molecule has 0 atom stereocenters. The Bertz CT molecular complexity index is 710. The number of anilines is 1. The highest BCUT2D eigenvalue weighted by Gasteiger charge is 2.16. The molecule has 0 spiro atoms. The maximum absolute atomic E-state index is 11.9. The molecule has 2 heterocycles. The van der Waals surface area contributed by atoms with E-state index >= 15 is 0 Å². The number of Topliss-reactive ketones (excluding diaryl/α,β-unsaturated/α-hetero) is 1. The van der Waals surface area contributed by atoms with E-state index in [9.17, 15) is 9.59 Å². The lowest BCUT2D eigenvalue weighted by Gasteiger charge is -2.36. The summed E-state index contributed by atoms with van der Waals surface area (Å²) in [4.78, 5) is 29.4. The number of carbonyl (C=O) groups is 2. The lowest BCUT2D eigenvalue weighted by atomic mass is 10.2. The maximum Gasteiger partial charge on any atom is 0.220 e. The Hall–Kier alpha value is -2.18. The minimum atomic E-state index is -0.0335. The third-order valence-corrected chi connectivity index (χ3v) is 5.75. The number of para-hydroxylation sites is 1. The fraction of sp³-hybridized carbons (Fsp3) is 0.429. The molecule has 0 radical (unpaired) electrons. The summed E-state index contributed by atoms with van der Waals surface area (Å²) in [5, 5.41) is 4.81. The number of thiophene rings is 1. The zero-order valence-electron chi connectivity index (χ0n) is 15.6. The van der Waals surface area contributed by atoms with Crippen LogP contribution in [0.4, 0.5) is 5.69 Å². The van der Waals surface area contributed by atoms with E-state index in [4.69, 9.17) is 0 Å². The van der Waals surface area contributed by atoms with Gasteiger partial charge in [0.15, 0.2) is 5.78 Å². The van der Waals surface area contributed by atoms with Crippen molar-refractivity contribution in [1.29, 1.82) is 0 Å². The highest BCUT2D eigenvalue weighted by molar-refractivity contribution is 7.12. The molecule has 0 aliphatic carbocycles. The van der Waals surface area contributed by atoms with Crippen molar-refractivity contribution in [1.82, 2.24) is 10.2 Å². The highest BCUT2D eigenvalue weighted by atomic mass is 32.1. The zero-order chi connectivity index (χ0) is 18.9. The first kappa shape index (κ1) is 19.6. The smallest absolute Gasteiger partial charge is 0.220 e. The van der Waals surface area contributed by atoms with Gasteiger partial charge in [0.2, 0.25) is 5.91 Å². The van der Waals surface area contributed by atoms with Crippen LogP contribution in [0, 0.1) is 0 Å². The van der Waals surface area contributed by atoms with Crippen molar-refractivity contribution in [3.05, 3.63) is 52.7 Å². The largest absolute Gasteiger partial charge is 0.369 e. The Labute approximate surface area is 165 Å². The Morgan fingerprint density at radius 1 is 0.963 bits per heavy atom. The number of piperazine rings is 1. The molecule has 3 rings (SSSR count). The standard InChI is InChI=1S/C21H27N3O2S/c25-19(20-8-4-17-27-20)9-10-21(26)22-11-5-12-23-13-15-24(16-14-23)18-6-2-1-3-7-18/h1-4,6-8,17H,5,9-16H2,(H,22,26). The first-order valence-corrected chi connectivity index (χ1v) is 10.5. The average molecular weight is 386 g/mol. The number of hydrogen-bond acceptors (Lipinski definition) is 5. The lowest BCUT2D eigenvalue weighted by Crippen LogP contribution is -2.47. The number of amides is 1. The van der Waals surface area contributed by atoms with Crippen LogP contribution in [0.5, 0.6) is 0 Å². The summed E-state index contributed by atoms with van der Waals surface area (Å²) in [7, 11) is 0. The number of hydrogen-bond donors (Lipinski definition) is 1. The quantitative estimate of drug-likeness (QED) is 0.532. The molecule has 1 fully saturated rings. The molecule has 27 heavy (non-hydrogen) atoms. The van der Waals surface area contributed by atoms with E-state index in [-0.39, 0.29) is 24.5 Å². The number of carbonyl (C=O) groups excluding carboxylic acids is 2. The summed E-state index contributed by atoms with van der Waals surface area (Å²) in [5.74, 6) is 0.0187. The second-order valence-electron chi connectivity index (χ2n) is 6.77. The molecule has 1 aliphatic rings. The molecule has 144 valence electrons. The molecule has 0 bridgehead atoms. The van der Waals surface area contributed by atoms with Crippen LogP contribution in [-0.4, -0.2) is 55.9 Å². The van der Waals surface area contributed by atoms with Crippen LogP contribution in [-0.2, 0) is 4.79 Å². The topological polar surface area (TPSA) is 52.7 Å². The van der Waals surface area contributed by atoms with Crippen LogP contribution >= 0.6 is 11.3 Å². The maximum atomic E-state index is 11.9. The molecule has 1 amide bonds. The van der Waals surface area contributed by atoms with Gasteiger partial charge in [-0.2, -0.15) is 0 Å². The molecule has 5 nitrogen and oxygen atoms in total. The number of benzene rings is 1. The van der Waals surface area contributed by atoms with Crippen LogP contribution in [0.1, 0.15) is 28.9 Å². The minimum Gasteiger partial charge on any atom is -0.369 e. The number of ketones is 1. The molecular formula is C21H27N3O2S. The van der Waals surface area contributed by atoms with E-state index in [1.165, 1.54) is 17.0 Å². The summed E-state index contributed by atoms with van der Waals surface area (Å²) < 4.78 is 0. The zero-order valence-corrected chi connectivity index (χ0v) is 16.4. The van der Waals surface area contributed by atoms with Gasteiger partial charge in [0.25, 0.3) is 0 Å². The van der Waals surface area contributed by atoms with Crippen molar-refractivity contribution >= 4 is 28.7 Å². The van der Waals surface area contributed by atoms with Gasteiger partial charge in [0, 0.05) is 51.3 Å². The number of nitrogens with zero attached hydrogens (tertiary/aromatic N) is 2. The molecule has 1 saturated heterocycles. The van der Waals surface area contributed by atoms with Crippen molar-refractivity contribution in [2.75, 3.05) is 44.2 Å². The van der Waals surface area contributed by atoms with Crippen LogP contribution in [0.3, 0.4) is 0 Å². The Morgan fingerprint density at radius 2 is 1.74 bits per heavy atom. The van der Waals surface area contributed by atoms with Gasteiger partial charge in [-0.15, -0.1) is 11.3 Å². The van der Waals surface area contributed by atoms with Crippen molar-refractivity contribution in [2.24, 2.45) is 0 Å². The van der Waals surface area contributed by atoms with Gasteiger partial charge in [-0.1, -0.05) is 24.3 Å². The van der Waals surface area contributed by atoms with E-state index in [2.05, 4.69) is 39.4 Å². The molecule has 0 saturated carbocycles. The van der Waals surface area contributed by atoms with Crippen molar-refractivity contribution in [3.63, 3.8) is 0 Å². The van der Waals surface area contributed by atoms with Crippen LogP contribution < -0.4 is 10.2 Å². The molecule has 1 N–H and O–H groups in total. The lowest BCUT2D eigenvalue weighted by molar-refractivity contribution is -0.121. The first-order chi connectivity index (χ1) is 13.2. The Kier molecular flexibility index (Phi) is 7.42. The molecular weight excluding hydrogens is 358 g/mol. The predicted octanol–water partition coefficient (Wildman–Crippen LogP) is 3.04. The summed E-state index contributed by atoms with van der Waals surface area (Å²) in [6, 6.07) is 14.2. The second-order valence-corrected chi connectivity index (χ2v) is 7.72. The van der Waals surface area contributed by atoms with Gasteiger partial charge in [0.05, 0.1) is 4.88 Å². The van der Waals surface area contributed by atoms with E-state index < -0.39 is 0 Å². The van der Waals surface area contributed by atoms with Crippen LogP contribution in [0.15, 0.2) is 47.8 Å². The summed E-state index contributed by atoms with van der Waals surface area (Å²) >= 11 is 1.43. The van der Waals surface area contributed by atoms with Crippen LogP contribution in [0.2, 0.25) is 0 Å².